The molecule has 0 spiro atoms. The Morgan fingerprint density at radius 1 is 1.33 bits per heavy atom. The number of rotatable bonds is 6. The van der Waals surface area contributed by atoms with Crippen LogP contribution in [0.3, 0.4) is 0 Å². The Bertz CT molecular complexity index is 441. The van der Waals surface area contributed by atoms with Crippen LogP contribution in [0.25, 0.3) is 0 Å². The van der Waals surface area contributed by atoms with E-state index in [4.69, 9.17) is 9.47 Å². The van der Waals surface area contributed by atoms with Crippen molar-refractivity contribution in [3.05, 3.63) is 29.8 Å². The zero-order valence-electron chi connectivity index (χ0n) is 12.8. The summed E-state index contributed by atoms with van der Waals surface area (Å²) in [6.45, 7) is 5.76. The van der Waals surface area contributed by atoms with Gasteiger partial charge in [-0.15, -0.1) is 0 Å². The van der Waals surface area contributed by atoms with Gasteiger partial charge in [0.05, 0.1) is 26.4 Å². The molecule has 0 saturated carbocycles. The molecule has 5 nitrogen and oxygen atoms in total. The minimum Gasteiger partial charge on any atom is -0.497 e. The van der Waals surface area contributed by atoms with Crippen LogP contribution in [0.1, 0.15) is 24.9 Å². The molecule has 1 aromatic carbocycles. The van der Waals surface area contributed by atoms with Gasteiger partial charge in [0.15, 0.2) is 0 Å². The normalized spacial score (nSPS) is 17.2. The van der Waals surface area contributed by atoms with Crippen LogP contribution < -0.4 is 10.1 Å². The maximum Gasteiger partial charge on any atom is 0.219 e. The summed E-state index contributed by atoms with van der Waals surface area (Å²) < 4.78 is 10.6. The van der Waals surface area contributed by atoms with Crippen LogP contribution in [0.15, 0.2) is 24.3 Å². The lowest BCUT2D eigenvalue weighted by molar-refractivity contribution is -0.121. The average Bonchev–Trinajstić information content (AvgIpc) is 2.56. The van der Waals surface area contributed by atoms with E-state index >= 15 is 0 Å². The van der Waals surface area contributed by atoms with E-state index in [0.29, 0.717) is 13.0 Å². The van der Waals surface area contributed by atoms with Gasteiger partial charge in [0.25, 0.3) is 0 Å². The van der Waals surface area contributed by atoms with Crippen LogP contribution in [0.5, 0.6) is 5.75 Å². The molecule has 1 saturated heterocycles. The van der Waals surface area contributed by atoms with E-state index < -0.39 is 0 Å². The molecule has 1 aliphatic rings. The first-order valence-electron chi connectivity index (χ1n) is 7.47. The lowest BCUT2D eigenvalue weighted by Gasteiger charge is -2.35. The van der Waals surface area contributed by atoms with Crippen molar-refractivity contribution in [3.8, 4) is 5.75 Å². The number of ether oxygens (including phenoxy) is 2. The predicted octanol–water partition coefficient (Wildman–Crippen LogP) is 1.59. The maximum atomic E-state index is 11.6. The Balaban J connectivity index is 2.10. The van der Waals surface area contributed by atoms with E-state index in [0.717, 1.165) is 32.1 Å². The quantitative estimate of drug-likeness (QED) is 0.865. The molecule has 1 amide bonds. The van der Waals surface area contributed by atoms with Gasteiger partial charge in [-0.05, 0) is 17.7 Å². The Morgan fingerprint density at radius 2 is 2.00 bits per heavy atom. The van der Waals surface area contributed by atoms with Crippen molar-refractivity contribution in [2.75, 3.05) is 40.0 Å². The number of amides is 1. The maximum absolute atomic E-state index is 11.6. The standard InChI is InChI=1S/C16H24N2O3/c1-3-16(19)17-12-15(18-8-10-21-11-9-18)13-4-6-14(20-2)7-5-13/h4-7,15H,3,8-12H2,1-2H3,(H,17,19). The van der Waals surface area contributed by atoms with Crippen molar-refractivity contribution in [2.45, 2.75) is 19.4 Å². The zero-order chi connectivity index (χ0) is 15.1. The number of carbonyl (C=O) groups is 1. The highest BCUT2D eigenvalue weighted by Gasteiger charge is 2.23. The van der Waals surface area contributed by atoms with Gasteiger partial charge in [-0.25, -0.2) is 0 Å². The van der Waals surface area contributed by atoms with Gasteiger partial charge in [-0.1, -0.05) is 19.1 Å². The van der Waals surface area contributed by atoms with Gasteiger partial charge < -0.3 is 14.8 Å². The third kappa shape index (κ3) is 4.44. The minimum atomic E-state index is 0.0850. The molecule has 1 heterocycles. The number of hydrogen-bond donors (Lipinski definition) is 1. The van der Waals surface area contributed by atoms with E-state index in [1.807, 2.05) is 19.1 Å². The van der Waals surface area contributed by atoms with E-state index in [1.165, 1.54) is 5.56 Å². The highest BCUT2D eigenvalue weighted by Crippen LogP contribution is 2.23. The summed E-state index contributed by atoms with van der Waals surface area (Å²) >= 11 is 0. The molecule has 1 atom stereocenters. The Kier molecular flexibility index (Phi) is 6.02. The fourth-order valence-corrected chi connectivity index (χ4v) is 2.51. The van der Waals surface area contributed by atoms with Crippen LogP contribution in [-0.4, -0.2) is 50.8 Å². The molecule has 1 unspecified atom stereocenters. The molecule has 0 aromatic heterocycles. The number of methoxy groups -OCH3 is 1. The zero-order valence-corrected chi connectivity index (χ0v) is 12.8. The van der Waals surface area contributed by atoms with Gasteiger partial charge in [-0.3, -0.25) is 9.69 Å². The molecule has 0 aliphatic carbocycles. The van der Waals surface area contributed by atoms with Crippen LogP contribution in [0.4, 0.5) is 0 Å². The SMILES string of the molecule is CCC(=O)NCC(c1ccc(OC)cc1)N1CCOCC1. The molecule has 0 bridgehead atoms. The average molecular weight is 292 g/mol. The van der Waals surface area contributed by atoms with Crippen molar-refractivity contribution in [2.24, 2.45) is 0 Å². The molecule has 21 heavy (non-hydrogen) atoms. The second-order valence-corrected chi connectivity index (χ2v) is 5.09. The predicted molar refractivity (Wildman–Crippen MR) is 81.4 cm³/mol. The smallest absolute Gasteiger partial charge is 0.219 e. The van der Waals surface area contributed by atoms with Crippen LogP contribution in [-0.2, 0) is 9.53 Å². The fraction of sp³-hybridized carbons (Fsp3) is 0.562. The molecular weight excluding hydrogens is 268 g/mol. The summed E-state index contributed by atoms with van der Waals surface area (Å²) in [7, 11) is 1.66. The van der Waals surface area contributed by atoms with Crippen molar-refractivity contribution in [3.63, 3.8) is 0 Å². The second-order valence-electron chi connectivity index (χ2n) is 5.09. The molecular formula is C16H24N2O3. The van der Waals surface area contributed by atoms with E-state index in [-0.39, 0.29) is 11.9 Å². The van der Waals surface area contributed by atoms with Crippen LogP contribution >= 0.6 is 0 Å². The molecule has 1 aliphatic heterocycles. The van der Waals surface area contributed by atoms with Crippen molar-refractivity contribution in [1.82, 2.24) is 10.2 Å². The van der Waals surface area contributed by atoms with Crippen molar-refractivity contribution in [1.29, 1.82) is 0 Å². The summed E-state index contributed by atoms with van der Waals surface area (Å²) in [5.41, 5.74) is 1.19. The van der Waals surface area contributed by atoms with Gasteiger partial charge in [-0.2, -0.15) is 0 Å². The Hall–Kier alpha value is -1.59. The largest absolute Gasteiger partial charge is 0.497 e. The molecule has 0 radical (unpaired) electrons. The molecule has 1 aromatic rings. The number of carbonyl (C=O) groups excluding carboxylic acids is 1. The summed E-state index contributed by atoms with van der Waals surface area (Å²) in [6.07, 6.45) is 0.512. The summed E-state index contributed by atoms with van der Waals surface area (Å²) in [5, 5.41) is 3.00. The first kappa shape index (κ1) is 15.8. The van der Waals surface area contributed by atoms with Gasteiger partial charge >= 0.3 is 0 Å². The first-order chi connectivity index (χ1) is 10.2. The first-order valence-corrected chi connectivity index (χ1v) is 7.47. The van der Waals surface area contributed by atoms with Crippen molar-refractivity contribution >= 4 is 5.91 Å². The number of nitrogens with zero attached hydrogens (tertiary/aromatic N) is 1. The summed E-state index contributed by atoms with van der Waals surface area (Å²) in [4.78, 5) is 13.9. The molecule has 5 heteroatoms. The minimum absolute atomic E-state index is 0.0850. The monoisotopic (exact) mass is 292 g/mol. The van der Waals surface area contributed by atoms with Crippen LogP contribution in [0, 0.1) is 0 Å². The second kappa shape index (κ2) is 8.00. The molecule has 1 N–H and O–H groups in total. The summed E-state index contributed by atoms with van der Waals surface area (Å²) in [6, 6.07) is 8.23. The van der Waals surface area contributed by atoms with Gasteiger partial charge in [0.1, 0.15) is 5.75 Å². The molecule has 2 rings (SSSR count). The van der Waals surface area contributed by atoms with Crippen molar-refractivity contribution < 1.29 is 14.3 Å². The number of morpholine rings is 1. The van der Waals surface area contributed by atoms with Gasteiger partial charge in [0.2, 0.25) is 5.91 Å². The number of hydrogen-bond acceptors (Lipinski definition) is 4. The lowest BCUT2D eigenvalue weighted by Crippen LogP contribution is -2.43. The van der Waals surface area contributed by atoms with Crippen LogP contribution in [0.2, 0.25) is 0 Å². The molecule has 116 valence electrons. The van der Waals surface area contributed by atoms with Gasteiger partial charge in [0, 0.05) is 26.1 Å². The third-order valence-corrected chi connectivity index (χ3v) is 3.80. The third-order valence-electron chi connectivity index (χ3n) is 3.80. The topological polar surface area (TPSA) is 50.8 Å². The van der Waals surface area contributed by atoms with E-state index in [1.54, 1.807) is 7.11 Å². The van der Waals surface area contributed by atoms with E-state index in [2.05, 4.69) is 22.3 Å². The number of benzene rings is 1. The lowest BCUT2D eigenvalue weighted by atomic mass is 10.0. The summed E-state index contributed by atoms with van der Waals surface area (Å²) in [5.74, 6) is 0.929. The highest BCUT2D eigenvalue weighted by molar-refractivity contribution is 5.75. The fourth-order valence-electron chi connectivity index (χ4n) is 2.51. The Morgan fingerprint density at radius 3 is 2.57 bits per heavy atom. The Labute approximate surface area is 126 Å². The molecule has 1 fully saturated rings. The van der Waals surface area contributed by atoms with E-state index in [9.17, 15) is 4.79 Å². The highest BCUT2D eigenvalue weighted by atomic mass is 16.5. The number of nitrogens with one attached hydrogen (secondary N) is 1.